The molecule has 11 heteroatoms. The first-order valence-corrected chi connectivity index (χ1v) is 17.1. The standard InChI is InChI=1S/C34H45ClN6O4.C2H6/c1-7-12-37-29-23(4)17-27(30(28-19-36-21-39(28)6)38-32(42)45-34(5)10-11-34)26-18-24(35)8-9-25(26)31(29)40-13-15-41(16-14-40)33(43)44-20-22(2)3;1-2/h7-9,12,17-19,21-22,29-31,37H,4,10-11,13-16,20H2,1-3,5-6H3,(H,38,42);1-2H3/b12-7-;. The van der Waals surface area contributed by atoms with E-state index in [2.05, 4.69) is 33.2 Å². The zero-order valence-corrected chi connectivity index (χ0v) is 29.6. The predicted octanol–water partition coefficient (Wildman–Crippen LogP) is 7.02. The van der Waals surface area contributed by atoms with E-state index in [4.69, 9.17) is 21.1 Å². The molecule has 0 spiro atoms. The molecule has 1 aromatic heterocycles. The fourth-order valence-corrected chi connectivity index (χ4v) is 6.12. The van der Waals surface area contributed by atoms with Crippen LogP contribution < -0.4 is 10.6 Å². The minimum absolute atomic E-state index is 0.145. The number of ether oxygens (including phenoxy) is 2. The summed E-state index contributed by atoms with van der Waals surface area (Å²) < 4.78 is 13.2. The highest BCUT2D eigenvalue weighted by Gasteiger charge is 2.43. The molecule has 0 radical (unpaired) electrons. The first-order chi connectivity index (χ1) is 22.5. The molecule has 2 aromatic rings. The number of aryl methyl sites for hydroxylation is 1. The summed E-state index contributed by atoms with van der Waals surface area (Å²) in [5.41, 5.74) is 3.99. The van der Waals surface area contributed by atoms with Crippen molar-refractivity contribution in [1.82, 2.24) is 30.0 Å². The summed E-state index contributed by atoms with van der Waals surface area (Å²) in [4.78, 5) is 34.5. The van der Waals surface area contributed by atoms with Gasteiger partial charge in [-0.15, -0.1) is 0 Å². The Morgan fingerprint density at radius 1 is 1.19 bits per heavy atom. The summed E-state index contributed by atoms with van der Waals surface area (Å²) in [6, 6.07) is 4.98. The zero-order valence-electron chi connectivity index (χ0n) is 28.9. The molecular formula is C36H51ClN6O4. The SMILES string of the molecule is C=C1C=C(C(NC(=O)OC2(C)CC2)c2cncn2C)c2cc(Cl)ccc2C(N2CCN(C(=O)OCC(C)C)CC2)C1N/C=C\C.CC. The van der Waals surface area contributed by atoms with Crippen LogP contribution in [0.1, 0.15) is 83.3 Å². The predicted molar refractivity (Wildman–Crippen MR) is 187 cm³/mol. The Balaban J connectivity index is 0.00000245. The summed E-state index contributed by atoms with van der Waals surface area (Å²) >= 11 is 6.68. The van der Waals surface area contributed by atoms with Gasteiger partial charge in [-0.2, -0.15) is 0 Å². The molecule has 2 N–H and O–H groups in total. The van der Waals surface area contributed by atoms with Crippen LogP contribution in [0.4, 0.5) is 9.59 Å². The van der Waals surface area contributed by atoms with Crippen molar-refractivity contribution in [1.29, 1.82) is 0 Å². The smallest absolute Gasteiger partial charge is 0.409 e. The molecule has 1 saturated heterocycles. The monoisotopic (exact) mass is 666 g/mol. The number of hydrogen-bond donors (Lipinski definition) is 2. The molecule has 3 unspecified atom stereocenters. The Labute approximate surface area is 284 Å². The molecule has 1 aromatic carbocycles. The highest BCUT2D eigenvalue weighted by molar-refractivity contribution is 6.30. The van der Waals surface area contributed by atoms with Crippen molar-refractivity contribution in [3.8, 4) is 0 Å². The lowest BCUT2D eigenvalue weighted by Gasteiger charge is -2.42. The summed E-state index contributed by atoms with van der Waals surface area (Å²) in [7, 11) is 1.90. The molecule has 2 fully saturated rings. The van der Waals surface area contributed by atoms with Gasteiger partial charge in [0.2, 0.25) is 0 Å². The van der Waals surface area contributed by atoms with Crippen LogP contribution in [-0.2, 0) is 16.5 Å². The molecule has 47 heavy (non-hydrogen) atoms. The third-order valence-electron chi connectivity index (χ3n) is 8.67. The molecular weight excluding hydrogens is 616 g/mol. The van der Waals surface area contributed by atoms with Gasteiger partial charge in [0.1, 0.15) is 5.60 Å². The maximum Gasteiger partial charge on any atom is 0.409 e. The molecule has 1 aliphatic heterocycles. The van der Waals surface area contributed by atoms with Gasteiger partial charge in [-0.3, -0.25) is 4.90 Å². The van der Waals surface area contributed by atoms with Gasteiger partial charge in [0.25, 0.3) is 0 Å². The summed E-state index contributed by atoms with van der Waals surface area (Å²) in [6.07, 6.45) is 10.3. The van der Waals surface area contributed by atoms with Gasteiger partial charge in [0.15, 0.2) is 0 Å². The molecule has 1 saturated carbocycles. The molecule has 3 aliphatic rings. The maximum absolute atomic E-state index is 13.3. The molecule has 256 valence electrons. The van der Waals surface area contributed by atoms with Crippen molar-refractivity contribution in [3.05, 3.63) is 83.1 Å². The number of halogens is 1. The molecule has 2 amide bonds. The largest absolute Gasteiger partial charge is 0.449 e. The van der Waals surface area contributed by atoms with Crippen molar-refractivity contribution in [3.63, 3.8) is 0 Å². The summed E-state index contributed by atoms with van der Waals surface area (Å²) in [6.45, 7) is 19.3. The topological polar surface area (TPSA) is 101 Å². The number of nitrogens with one attached hydrogen (secondary N) is 2. The van der Waals surface area contributed by atoms with Gasteiger partial charge in [-0.05, 0) is 73.2 Å². The van der Waals surface area contributed by atoms with Crippen molar-refractivity contribution in [2.45, 2.75) is 78.1 Å². The number of nitrogens with zero attached hydrogens (tertiary/aromatic N) is 4. The third-order valence-corrected chi connectivity index (χ3v) is 8.90. The van der Waals surface area contributed by atoms with Gasteiger partial charge < -0.3 is 29.6 Å². The van der Waals surface area contributed by atoms with Crippen LogP contribution in [-0.4, -0.2) is 76.0 Å². The Hall–Kier alpha value is -3.76. The van der Waals surface area contributed by atoms with E-state index in [0.717, 1.165) is 40.8 Å². The van der Waals surface area contributed by atoms with Crippen LogP contribution in [0.3, 0.4) is 0 Å². The number of rotatable bonds is 9. The number of amides is 2. The number of hydrogen-bond acceptors (Lipinski definition) is 7. The molecule has 0 bridgehead atoms. The lowest BCUT2D eigenvalue weighted by Crippen LogP contribution is -2.53. The summed E-state index contributed by atoms with van der Waals surface area (Å²) in [5, 5.41) is 7.31. The quantitative estimate of drug-likeness (QED) is 0.297. The van der Waals surface area contributed by atoms with Gasteiger partial charge in [-0.1, -0.05) is 64.1 Å². The normalized spacial score (nSPS) is 21.2. The van der Waals surface area contributed by atoms with E-state index in [1.54, 1.807) is 17.4 Å². The summed E-state index contributed by atoms with van der Waals surface area (Å²) in [5.74, 6) is 0.277. The van der Waals surface area contributed by atoms with Crippen LogP contribution in [0.2, 0.25) is 5.02 Å². The average Bonchev–Trinajstić information content (AvgIpc) is 3.65. The number of carbonyl (C=O) groups is 2. The van der Waals surface area contributed by atoms with Gasteiger partial charge in [0, 0.05) is 38.2 Å². The van der Waals surface area contributed by atoms with Gasteiger partial charge in [0.05, 0.1) is 43.0 Å². The number of imidazole rings is 1. The van der Waals surface area contributed by atoms with Crippen molar-refractivity contribution in [2.24, 2.45) is 13.0 Å². The van der Waals surface area contributed by atoms with Crippen LogP contribution in [0.15, 0.2) is 61.2 Å². The van der Waals surface area contributed by atoms with E-state index in [1.165, 1.54) is 0 Å². The second kappa shape index (κ2) is 15.9. The van der Waals surface area contributed by atoms with Crippen LogP contribution in [0.5, 0.6) is 0 Å². The van der Waals surface area contributed by atoms with Gasteiger partial charge >= 0.3 is 12.2 Å². The number of allylic oxidation sites excluding steroid dienone is 1. The van der Waals surface area contributed by atoms with Crippen LogP contribution >= 0.6 is 11.6 Å². The highest BCUT2D eigenvalue weighted by Crippen LogP contribution is 2.44. The molecule has 3 atom stereocenters. The van der Waals surface area contributed by atoms with Crippen LogP contribution in [0.25, 0.3) is 5.57 Å². The van der Waals surface area contributed by atoms with Crippen molar-refractivity contribution >= 4 is 29.4 Å². The first-order valence-electron chi connectivity index (χ1n) is 16.7. The number of aromatic nitrogens is 2. The number of alkyl carbamates (subject to hydrolysis) is 1. The fourth-order valence-electron chi connectivity index (χ4n) is 5.95. The average molecular weight is 667 g/mol. The van der Waals surface area contributed by atoms with E-state index in [9.17, 15) is 9.59 Å². The Kier molecular flexibility index (Phi) is 12.2. The third kappa shape index (κ3) is 8.78. The number of benzene rings is 1. The zero-order chi connectivity index (χ0) is 34.3. The Morgan fingerprint density at radius 2 is 1.89 bits per heavy atom. The first kappa shape index (κ1) is 36.1. The van der Waals surface area contributed by atoms with E-state index in [0.29, 0.717) is 37.8 Å². The van der Waals surface area contributed by atoms with Gasteiger partial charge in [-0.25, -0.2) is 14.6 Å². The van der Waals surface area contributed by atoms with E-state index >= 15 is 0 Å². The minimum atomic E-state index is -0.588. The van der Waals surface area contributed by atoms with E-state index < -0.39 is 17.7 Å². The fraction of sp³-hybridized carbons (Fsp3) is 0.528. The number of carbonyl (C=O) groups excluding carboxylic acids is 2. The van der Waals surface area contributed by atoms with Crippen molar-refractivity contribution < 1.29 is 19.1 Å². The van der Waals surface area contributed by atoms with E-state index in [-0.39, 0.29) is 24.1 Å². The second-order valence-corrected chi connectivity index (χ2v) is 13.3. The number of fused-ring (bicyclic) bond motifs is 1. The lowest BCUT2D eigenvalue weighted by molar-refractivity contribution is 0.0541. The van der Waals surface area contributed by atoms with Crippen LogP contribution in [0, 0.1) is 5.92 Å². The minimum Gasteiger partial charge on any atom is -0.449 e. The molecule has 2 aliphatic carbocycles. The van der Waals surface area contributed by atoms with E-state index in [1.807, 2.05) is 83.6 Å². The lowest BCUT2D eigenvalue weighted by atomic mass is 9.89. The molecule has 10 nitrogen and oxygen atoms in total. The Morgan fingerprint density at radius 3 is 2.49 bits per heavy atom. The highest BCUT2D eigenvalue weighted by atomic mass is 35.5. The van der Waals surface area contributed by atoms with Crippen molar-refractivity contribution in [2.75, 3.05) is 32.8 Å². The second-order valence-electron chi connectivity index (χ2n) is 12.8. The molecule has 2 heterocycles. The Bertz CT molecular complexity index is 1470. The molecule has 5 rings (SSSR count). The maximum atomic E-state index is 13.3. The number of piperazine rings is 1.